The van der Waals surface area contributed by atoms with Crippen LogP contribution >= 0.6 is 0 Å². The number of anilines is 1. The van der Waals surface area contributed by atoms with Crippen molar-refractivity contribution in [3.63, 3.8) is 0 Å². The number of ether oxygens (including phenoxy) is 1. The van der Waals surface area contributed by atoms with Crippen LogP contribution in [-0.4, -0.2) is 27.2 Å². The Bertz CT molecular complexity index is 563. The molecule has 1 aliphatic heterocycles. The summed E-state index contributed by atoms with van der Waals surface area (Å²) in [5.41, 5.74) is 6.45. The zero-order valence-corrected chi connectivity index (χ0v) is 12.1. The first kappa shape index (κ1) is 14.3. The summed E-state index contributed by atoms with van der Waals surface area (Å²) in [4.78, 5) is 0.130. The highest BCUT2D eigenvalue weighted by atomic mass is 32.2. The predicted octanol–water partition coefficient (Wildman–Crippen LogP) is 1.42. The predicted molar refractivity (Wildman–Crippen MR) is 74.4 cm³/mol. The van der Waals surface area contributed by atoms with Crippen molar-refractivity contribution in [2.75, 3.05) is 18.9 Å². The number of sulfonamides is 1. The first-order valence-electron chi connectivity index (χ1n) is 6.30. The van der Waals surface area contributed by atoms with Crippen LogP contribution in [0.2, 0.25) is 0 Å². The van der Waals surface area contributed by atoms with E-state index in [9.17, 15) is 8.42 Å². The molecule has 1 unspecified atom stereocenters. The molecule has 0 bridgehead atoms. The van der Waals surface area contributed by atoms with Crippen LogP contribution in [0, 0.1) is 6.92 Å². The van der Waals surface area contributed by atoms with Gasteiger partial charge >= 0.3 is 0 Å². The van der Waals surface area contributed by atoms with E-state index in [2.05, 4.69) is 4.72 Å². The van der Waals surface area contributed by atoms with Crippen molar-refractivity contribution >= 4 is 15.7 Å². The van der Waals surface area contributed by atoms with Crippen molar-refractivity contribution in [2.24, 2.45) is 0 Å². The van der Waals surface area contributed by atoms with Gasteiger partial charge in [0.05, 0.1) is 17.8 Å². The summed E-state index contributed by atoms with van der Waals surface area (Å²) in [6.07, 6.45) is 1.61. The monoisotopic (exact) mass is 284 g/mol. The van der Waals surface area contributed by atoms with Crippen molar-refractivity contribution in [3.8, 4) is 0 Å². The van der Waals surface area contributed by atoms with Crippen molar-refractivity contribution in [1.82, 2.24) is 4.72 Å². The smallest absolute Gasteiger partial charge is 0.243 e. The molecule has 1 atom stereocenters. The normalized spacial score (nSPS) is 24.3. The maximum atomic E-state index is 12.4. The van der Waals surface area contributed by atoms with Gasteiger partial charge in [0, 0.05) is 6.61 Å². The van der Waals surface area contributed by atoms with E-state index in [4.69, 9.17) is 10.5 Å². The minimum absolute atomic E-state index is 0.130. The van der Waals surface area contributed by atoms with Gasteiger partial charge in [-0.25, -0.2) is 13.1 Å². The van der Waals surface area contributed by atoms with Gasteiger partial charge in [-0.1, -0.05) is 6.07 Å². The second kappa shape index (κ2) is 5.11. The fraction of sp³-hybridized carbons (Fsp3) is 0.538. The molecule has 1 aromatic rings. The van der Waals surface area contributed by atoms with Gasteiger partial charge in [0.2, 0.25) is 10.0 Å². The lowest BCUT2D eigenvalue weighted by atomic mass is 9.97. The lowest BCUT2D eigenvalue weighted by Gasteiger charge is -2.34. The lowest BCUT2D eigenvalue weighted by Crippen LogP contribution is -2.51. The summed E-state index contributed by atoms with van der Waals surface area (Å²) in [6.45, 7) is 4.80. The van der Waals surface area contributed by atoms with E-state index in [0.717, 1.165) is 18.4 Å². The zero-order valence-electron chi connectivity index (χ0n) is 11.3. The summed E-state index contributed by atoms with van der Waals surface area (Å²) >= 11 is 0. The highest BCUT2D eigenvalue weighted by Gasteiger charge is 2.33. The summed E-state index contributed by atoms with van der Waals surface area (Å²) in [5, 5.41) is 0. The number of nitrogen functional groups attached to an aromatic ring is 1. The number of benzene rings is 1. The third kappa shape index (κ3) is 3.26. The topological polar surface area (TPSA) is 81.4 Å². The molecule has 0 spiro atoms. The second-order valence-corrected chi connectivity index (χ2v) is 7.01. The Morgan fingerprint density at radius 3 is 2.74 bits per heavy atom. The van der Waals surface area contributed by atoms with E-state index in [-0.39, 0.29) is 10.6 Å². The average Bonchev–Trinajstić information content (AvgIpc) is 2.27. The molecule has 5 nitrogen and oxygen atoms in total. The molecule has 1 saturated heterocycles. The first-order valence-corrected chi connectivity index (χ1v) is 7.79. The van der Waals surface area contributed by atoms with Crippen LogP contribution < -0.4 is 10.5 Å². The Labute approximate surface area is 114 Å². The van der Waals surface area contributed by atoms with Crippen molar-refractivity contribution in [2.45, 2.75) is 37.1 Å². The van der Waals surface area contributed by atoms with Crippen LogP contribution in [0.5, 0.6) is 0 Å². The van der Waals surface area contributed by atoms with Crippen LogP contribution in [0.3, 0.4) is 0 Å². The fourth-order valence-electron chi connectivity index (χ4n) is 2.31. The molecular formula is C13H20N2O3S. The SMILES string of the molecule is Cc1ccc(S(=O)(=O)NC2(C)CCCOC2)c(N)c1. The van der Waals surface area contributed by atoms with E-state index < -0.39 is 15.6 Å². The first-order chi connectivity index (χ1) is 8.82. The van der Waals surface area contributed by atoms with Gasteiger partial charge < -0.3 is 10.5 Å². The number of hydrogen-bond donors (Lipinski definition) is 2. The van der Waals surface area contributed by atoms with Gasteiger partial charge in [0.25, 0.3) is 0 Å². The molecule has 1 aromatic carbocycles. The molecule has 0 aromatic heterocycles. The molecule has 2 rings (SSSR count). The number of aryl methyl sites for hydroxylation is 1. The molecule has 0 saturated carbocycles. The highest BCUT2D eigenvalue weighted by Crippen LogP contribution is 2.24. The summed E-state index contributed by atoms with van der Waals surface area (Å²) in [7, 11) is -3.62. The maximum absolute atomic E-state index is 12.4. The Balaban J connectivity index is 2.27. The third-order valence-electron chi connectivity index (χ3n) is 3.27. The molecule has 19 heavy (non-hydrogen) atoms. The van der Waals surface area contributed by atoms with E-state index in [0.29, 0.717) is 13.2 Å². The van der Waals surface area contributed by atoms with Crippen molar-refractivity contribution in [3.05, 3.63) is 23.8 Å². The van der Waals surface area contributed by atoms with Gasteiger partial charge in [-0.3, -0.25) is 0 Å². The molecule has 1 fully saturated rings. The van der Waals surface area contributed by atoms with Crippen LogP contribution in [0.1, 0.15) is 25.3 Å². The largest absolute Gasteiger partial charge is 0.398 e. The highest BCUT2D eigenvalue weighted by molar-refractivity contribution is 7.89. The number of nitrogens with one attached hydrogen (secondary N) is 1. The Morgan fingerprint density at radius 2 is 2.16 bits per heavy atom. The quantitative estimate of drug-likeness (QED) is 0.823. The standard InChI is InChI=1S/C13H20N2O3S/c1-10-4-5-12(11(14)8-10)19(16,17)15-13(2)6-3-7-18-9-13/h4-5,8,15H,3,6-7,9,14H2,1-2H3. The number of hydrogen-bond acceptors (Lipinski definition) is 4. The molecule has 0 radical (unpaired) electrons. The van der Waals surface area contributed by atoms with Crippen LogP contribution in [-0.2, 0) is 14.8 Å². The summed E-state index contributed by atoms with van der Waals surface area (Å²) in [6, 6.07) is 4.94. The van der Waals surface area contributed by atoms with Gasteiger partial charge in [0.1, 0.15) is 4.90 Å². The molecule has 0 aliphatic carbocycles. The molecule has 0 amide bonds. The number of nitrogens with two attached hydrogens (primary N) is 1. The fourth-order valence-corrected chi connectivity index (χ4v) is 3.84. The molecule has 1 heterocycles. The Morgan fingerprint density at radius 1 is 1.42 bits per heavy atom. The third-order valence-corrected chi connectivity index (χ3v) is 4.99. The summed E-state index contributed by atoms with van der Waals surface area (Å²) in [5.74, 6) is 0. The second-order valence-electron chi connectivity index (χ2n) is 5.36. The maximum Gasteiger partial charge on any atom is 0.243 e. The van der Waals surface area contributed by atoms with Crippen LogP contribution in [0.15, 0.2) is 23.1 Å². The van der Waals surface area contributed by atoms with Crippen LogP contribution in [0.25, 0.3) is 0 Å². The van der Waals surface area contributed by atoms with E-state index >= 15 is 0 Å². The molecule has 3 N–H and O–H groups in total. The van der Waals surface area contributed by atoms with Gasteiger partial charge in [-0.05, 0) is 44.4 Å². The Kier molecular flexibility index (Phi) is 3.85. The zero-order chi connectivity index (χ0) is 14.1. The number of rotatable bonds is 3. The van der Waals surface area contributed by atoms with E-state index in [1.807, 2.05) is 13.8 Å². The van der Waals surface area contributed by atoms with Crippen molar-refractivity contribution in [1.29, 1.82) is 0 Å². The lowest BCUT2D eigenvalue weighted by molar-refractivity contribution is 0.0386. The van der Waals surface area contributed by atoms with Crippen LogP contribution in [0.4, 0.5) is 5.69 Å². The molecule has 6 heteroatoms. The van der Waals surface area contributed by atoms with Gasteiger partial charge in [-0.2, -0.15) is 0 Å². The molecular weight excluding hydrogens is 264 g/mol. The summed E-state index contributed by atoms with van der Waals surface area (Å²) < 4.78 is 32.9. The molecule has 1 aliphatic rings. The van der Waals surface area contributed by atoms with E-state index in [1.165, 1.54) is 0 Å². The van der Waals surface area contributed by atoms with Gasteiger partial charge in [-0.15, -0.1) is 0 Å². The van der Waals surface area contributed by atoms with E-state index in [1.54, 1.807) is 18.2 Å². The molecule has 106 valence electrons. The Hall–Kier alpha value is -1.11. The minimum Gasteiger partial charge on any atom is -0.398 e. The minimum atomic E-state index is -3.62. The average molecular weight is 284 g/mol. The van der Waals surface area contributed by atoms with Crippen molar-refractivity contribution < 1.29 is 13.2 Å². The van der Waals surface area contributed by atoms with Gasteiger partial charge in [0.15, 0.2) is 0 Å².